The average Bonchev–Trinajstić information content (AvgIpc) is 3.36. The van der Waals surface area contributed by atoms with Crippen molar-refractivity contribution >= 4 is 23.0 Å². The van der Waals surface area contributed by atoms with Crippen molar-refractivity contribution in [2.24, 2.45) is 0 Å². The van der Waals surface area contributed by atoms with E-state index in [9.17, 15) is 9.59 Å². The van der Waals surface area contributed by atoms with Crippen LogP contribution in [0.15, 0.2) is 46.9 Å². The lowest BCUT2D eigenvalue weighted by molar-refractivity contribution is -0.154. The number of benzene rings is 2. The van der Waals surface area contributed by atoms with Gasteiger partial charge in [-0.1, -0.05) is 18.2 Å². The molecule has 2 aromatic carbocycles. The summed E-state index contributed by atoms with van der Waals surface area (Å²) in [6, 6.07) is 12.8. The smallest absolute Gasteiger partial charge is 0.307 e. The van der Waals surface area contributed by atoms with Gasteiger partial charge in [0.15, 0.2) is 29.1 Å². The van der Waals surface area contributed by atoms with E-state index in [1.165, 1.54) is 6.92 Å². The van der Waals surface area contributed by atoms with Crippen molar-refractivity contribution in [2.75, 3.05) is 6.79 Å². The van der Waals surface area contributed by atoms with E-state index in [2.05, 4.69) is 10.3 Å². The Morgan fingerprint density at radius 3 is 2.86 bits per heavy atom. The second kappa shape index (κ2) is 8.22. The van der Waals surface area contributed by atoms with Gasteiger partial charge in [-0.15, -0.1) is 0 Å². The first-order valence-corrected chi connectivity index (χ1v) is 9.28. The van der Waals surface area contributed by atoms with Gasteiger partial charge in [0.25, 0.3) is 5.91 Å². The Morgan fingerprint density at radius 1 is 1.17 bits per heavy atom. The van der Waals surface area contributed by atoms with Crippen LogP contribution in [0, 0.1) is 0 Å². The van der Waals surface area contributed by atoms with E-state index in [4.69, 9.17) is 18.6 Å². The largest absolute Gasteiger partial charge is 0.454 e. The quantitative estimate of drug-likeness (QED) is 0.613. The molecule has 1 aromatic heterocycles. The Morgan fingerprint density at radius 2 is 2.00 bits per heavy atom. The van der Waals surface area contributed by atoms with Gasteiger partial charge in [0.2, 0.25) is 6.79 Å². The highest BCUT2D eigenvalue weighted by atomic mass is 16.7. The summed E-state index contributed by atoms with van der Waals surface area (Å²) >= 11 is 0. The lowest BCUT2D eigenvalue weighted by Gasteiger charge is -2.13. The molecule has 0 bridgehead atoms. The number of carbonyl (C=O) groups is 2. The average molecular weight is 396 g/mol. The molecule has 0 unspecified atom stereocenters. The third-order valence-electron chi connectivity index (χ3n) is 4.46. The van der Waals surface area contributed by atoms with Gasteiger partial charge < -0.3 is 23.9 Å². The molecule has 0 aliphatic carbocycles. The van der Waals surface area contributed by atoms with Crippen molar-refractivity contribution in [3.05, 3.63) is 53.9 Å². The fourth-order valence-corrected chi connectivity index (χ4v) is 2.93. The second-order valence-electron chi connectivity index (χ2n) is 6.61. The monoisotopic (exact) mass is 396 g/mol. The number of carbonyl (C=O) groups excluding carboxylic acids is 2. The maximum absolute atomic E-state index is 12.2. The van der Waals surface area contributed by atoms with Crippen molar-refractivity contribution < 1.29 is 28.2 Å². The van der Waals surface area contributed by atoms with Crippen molar-refractivity contribution in [1.82, 2.24) is 10.3 Å². The molecule has 0 radical (unpaired) electrons. The third kappa shape index (κ3) is 4.48. The number of esters is 1. The van der Waals surface area contributed by atoms with Crippen LogP contribution in [-0.2, 0) is 27.3 Å². The molecule has 1 aliphatic heterocycles. The van der Waals surface area contributed by atoms with Crippen LogP contribution in [0.5, 0.6) is 11.5 Å². The summed E-state index contributed by atoms with van der Waals surface area (Å²) in [5, 5.41) is 2.74. The summed E-state index contributed by atoms with van der Waals surface area (Å²) in [6.07, 6.45) is -0.522. The van der Waals surface area contributed by atoms with Gasteiger partial charge >= 0.3 is 5.97 Å². The topological polar surface area (TPSA) is 99.9 Å². The molecule has 1 amide bonds. The highest BCUT2D eigenvalue weighted by Gasteiger charge is 2.19. The van der Waals surface area contributed by atoms with Crippen LogP contribution in [0.1, 0.15) is 24.8 Å². The molecule has 2 heterocycles. The number of aromatic nitrogens is 1. The molecule has 0 fully saturated rings. The van der Waals surface area contributed by atoms with Crippen molar-refractivity contribution in [2.45, 2.75) is 32.4 Å². The van der Waals surface area contributed by atoms with Crippen molar-refractivity contribution in [3.8, 4) is 11.5 Å². The summed E-state index contributed by atoms with van der Waals surface area (Å²) in [5.41, 5.74) is 2.27. The van der Waals surface area contributed by atoms with Gasteiger partial charge in [0.1, 0.15) is 5.52 Å². The van der Waals surface area contributed by atoms with Crippen LogP contribution in [-0.4, -0.2) is 29.8 Å². The summed E-state index contributed by atoms with van der Waals surface area (Å²) in [6.45, 7) is 2.02. The van der Waals surface area contributed by atoms with Gasteiger partial charge in [-0.05, 0) is 36.8 Å². The second-order valence-corrected chi connectivity index (χ2v) is 6.61. The van der Waals surface area contributed by atoms with Crippen LogP contribution < -0.4 is 14.8 Å². The van der Waals surface area contributed by atoms with E-state index in [1.54, 1.807) is 12.1 Å². The fourth-order valence-electron chi connectivity index (χ4n) is 2.93. The number of hydrogen-bond acceptors (Lipinski definition) is 7. The van der Waals surface area contributed by atoms with Crippen molar-refractivity contribution in [1.29, 1.82) is 0 Å². The molecule has 29 heavy (non-hydrogen) atoms. The number of nitrogens with zero attached hydrogens (tertiary/aromatic N) is 1. The molecule has 1 aliphatic rings. The number of nitrogens with one attached hydrogen (secondary N) is 1. The normalized spacial score (nSPS) is 13.3. The molecule has 1 atom stereocenters. The van der Waals surface area contributed by atoms with Gasteiger partial charge in [-0.25, -0.2) is 4.98 Å². The van der Waals surface area contributed by atoms with Crippen LogP contribution in [0.2, 0.25) is 0 Å². The Hall–Kier alpha value is -3.55. The molecule has 3 aromatic rings. The maximum atomic E-state index is 12.2. The number of amides is 1. The lowest BCUT2D eigenvalue weighted by Crippen LogP contribution is -2.35. The zero-order chi connectivity index (χ0) is 20.2. The number of fused-ring (bicyclic) bond motifs is 2. The Bertz CT molecular complexity index is 1010. The van der Waals surface area contributed by atoms with Crippen LogP contribution in [0.4, 0.5) is 0 Å². The Balaban J connectivity index is 1.23. The standard InChI is InChI=1S/C21H20N2O6/c1-13(21(25)22-11-14-6-7-17-18(10-14)27-12-26-17)28-20(24)9-8-19-23-15-4-2-3-5-16(15)29-19/h2-7,10,13H,8-9,11-12H2,1H3,(H,22,25)/t13-/m0/s1. The maximum Gasteiger partial charge on any atom is 0.307 e. The molecule has 8 nitrogen and oxygen atoms in total. The third-order valence-corrected chi connectivity index (χ3v) is 4.46. The van der Waals surface area contributed by atoms with Crippen LogP contribution in [0.3, 0.4) is 0 Å². The number of hydrogen-bond donors (Lipinski definition) is 1. The first kappa shape index (κ1) is 18.8. The lowest BCUT2D eigenvalue weighted by atomic mass is 10.2. The van der Waals surface area contributed by atoms with Gasteiger partial charge in [-0.2, -0.15) is 0 Å². The number of ether oxygens (including phenoxy) is 3. The predicted octanol–water partition coefficient (Wildman–Crippen LogP) is 2.74. The summed E-state index contributed by atoms with van der Waals surface area (Å²) in [4.78, 5) is 28.6. The molecule has 8 heteroatoms. The van der Waals surface area contributed by atoms with Gasteiger partial charge in [-0.3, -0.25) is 9.59 Å². The fraction of sp³-hybridized carbons (Fsp3) is 0.286. The zero-order valence-corrected chi connectivity index (χ0v) is 15.8. The van der Waals surface area contributed by atoms with E-state index in [1.807, 2.05) is 30.3 Å². The molecule has 0 saturated carbocycles. The number of aryl methyl sites for hydroxylation is 1. The van der Waals surface area contributed by atoms with E-state index in [-0.39, 0.29) is 19.1 Å². The molecule has 0 saturated heterocycles. The predicted molar refractivity (Wildman–Crippen MR) is 102 cm³/mol. The minimum atomic E-state index is -0.903. The highest BCUT2D eigenvalue weighted by Crippen LogP contribution is 2.32. The number of para-hydroxylation sites is 2. The minimum absolute atomic E-state index is 0.0760. The number of rotatable bonds is 7. The SMILES string of the molecule is C[C@H](OC(=O)CCc1nc2ccccc2o1)C(=O)NCc1ccc2c(c1)OCO2. The van der Waals surface area contributed by atoms with Crippen LogP contribution in [0.25, 0.3) is 11.1 Å². The van der Waals surface area contributed by atoms with Crippen molar-refractivity contribution in [3.63, 3.8) is 0 Å². The van der Waals surface area contributed by atoms with Gasteiger partial charge in [0.05, 0.1) is 6.42 Å². The zero-order valence-electron chi connectivity index (χ0n) is 15.8. The number of oxazole rings is 1. The summed E-state index contributed by atoms with van der Waals surface area (Å²) in [7, 11) is 0. The molecular weight excluding hydrogens is 376 g/mol. The van der Waals surface area contributed by atoms with E-state index in [0.29, 0.717) is 35.9 Å². The molecule has 150 valence electrons. The highest BCUT2D eigenvalue weighted by molar-refractivity contribution is 5.83. The first-order chi connectivity index (χ1) is 14.1. The summed E-state index contributed by atoms with van der Waals surface area (Å²) in [5.74, 6) is 0.927. The first-order valence-electron chi connectivity index (χ1n) is 9.28. The molecule has 1 N–H and O–H groups in total. The van der Waals surface area contributed by atoms with E-state index >= 15 is 0 Å². The van der Waals surface area contributed by atoms with Crippen LogP contribution >= 0.6 is 0 Å². The molecule has 0 spiro atoms. The molecule has 4 rings (SSSR count). The Labute approximate surface area is 166 Å². The summed E-state index contributed by atoms with van der Waals surface area (Å²) < 4.78 is 21.3. The van der Waals surface area contributed by atoms with Gasteiger partial charge in [0, 0.05) is 13.0 Å². The van der Waals surface area contributed by atoms with E-state index < -0.39 is 12.1 Å². The van der Waals surface area contributed by atoms with E-state index in [0.717, 1.165) is 11.1 Å². The Kier molecular flexibility index (Phi) is 5.33. The molecular formula is C21H20N2O6. The minimum Gasteiger partial charge on any atom is -0.454 e.